The summed E-state index contributed by atoms with van der Waals surface area (Å²) in [6, 6.07) is 12.3. The summed E-state index contributed by atoms with van der Waals surface area (Å²) in [5, 5.41) is 0. The van der Waals surface area contributed by atoms with Gasteiger partial charge in [-0.1, -0.05) is 18.2 Å². The predicted octanol–water partition coefficient (Wildman–Crippen LogP) is 2.34. The highest BCUT2D eigenvalue weighted by Gasteiger charge is 2.34. The number of esters is 1. The van der Waals surface area contributed by atoms with E-state index in [1.165, 1.54) is 25.3 Å². The maximum Gasteiger partial charge on any atom is 0.446 e. The number of carbonyl (C=O) groups is 3. The molecule has 0 atom stereocenters. The van der Waals surface area contributed by atoms with Crippen molar-refractivity contribution in [2.75, 3.05) is 13.7 Å². The Balaban J connectivity index is 2.43. The SMILES string of the molecule is CCOC(=O)C(=[N+]=[N-])C(=O)c1ccccc1C(=O)c1ccc(OC)cc1. The van der Waals surface area contributed by atoms with Crippen molar-refractivity contribution in [2.24, 2.45) is 0 Å². The number of ketones is 2. The molecule has 0 saturated carbocycles. The summed E-state index contributed by atoms with van der Waals surface area (Å²) < 4.78 is 9.75. The maximum absolute atomic E-state index is 12.8. The fraction of sp³-hybridized carbons (Fsp3) is 0.158. The average molecular weight is 352 g/mol. The molecule has 0 saturated heterocycles. The monoisotopic (exact) mass is 352 g/mol. The lowest BCUT2D eigenvalue weighted by molar-refractivity contribution is -0.139. The third kappa shape index (κ3) is 3.91. The maximum atomic E-state index is 12.8. The second kappa shape index (κ2) is 8.50. The molecule has 2 aromatic carbocycles. The van der Waals surface area contributed by atoms with E-state index in [2.05, 4.69) is 4.79 Å². The average Bonchev–Trinajstić information content (AvgIpc) is 2.68. The zero-order chi connectivity index (χ0) is 19.1. The van der Waals surface area contributed by atoms with E-state index in [-0.39, 0.29) is 17.7 Å². The highest BCUT2D eigenvalue weighted by atomic mass is 16.5. The molecule has 0 aliphatic heterocycles. The van der Waals surface area contributed by atoms with E-state index in [9.17, 15) is 14.4 Å². The van der Waals surface area contributed by atoms with Gasteiger partial charge in [0.25, 0.3) is 5.78 Å². The summed E-state index contributed by atoms with van der Waals surface area (Å²) in [5.41, 5.74) is 8.59. The molecule has 2 rings (SSSR count). The summed E-state index contributed by atoms with van der Waals surface area (Å²) in [6.07, 6.45) is 0. The first-order valence-corrected chi connectivity index (χ1v) is 7.75. The van der Waals surface area contributed by atoms with E-state index < -0.39 is 23.2 Å². The summed E-state index contributed by atoms with van der Waals surface area (Å²) in [6.45, 7) is 1.57. The van der Waals surface area contributed by atoms with Gasteiger partial charge in [-0.3, -0.25) is 9.59 Å². The second-order valence-corrected chi connectivity index (χ2v) is 5.10. The van der Waals surface area contributed by atoms with Crippen molar-refractivity contribution >= 4 is 23.2 Å². The zero-order valence-corrected chi connectivity index (χ0v) is 14.3. The first-order chi connectivity index (χ1) is 12.5. The van der Waals surface area contributed by atoms with Gasteiger partial charge in [0.2, 0.25) is 0 Å². The fourth-order valence-electron chi connectivity index (χ4n) is 2.28. The van der Waals surface area contributed by atoms with Gasteiger partial charge in [-0.2, -0.15) is 4.79 Å². The number of methoxy groups -OCH3 is 1. The van der Waals surface area contributed by atoms with Crippen molar-refractivity contribution in [1.82, 2.24) is 0 Å². The molecule has 0 unspecified atom stereocenters. The molecule has 2 aromatic rings. The van der Waals surface area contributed by atoms with E-state index in [4.69, 9.17) is 15.0 Å². The Morgan fingerprint density at radius 2 is 1.62 bits per heavy atom. The molecule has 7 heteroatoms. The Labute approximate surface area is 149 Å². The number of nitrogens with zero attached hydrogens (tertiary/aromatic N) is 2. The molecule has 132 valence electrons. The Kier molecular flexibility index (Phi) is 6.14. The van der Waals surface area contributed by atoms with Crippen LogP contribution in [-0.4, -0.2) is 41.8 Å². The highest BCUT2D eigenvalue weighted by molar-refractivity contribution is 6.66. The summed E-state index contributed by atoms with van der Waals surface area (Å²) in [7, 11) is 1.51. The van der Waals surface area contributed by atoms with Crippen LogP contribution in [0.15, 0.2) is 48.5 Å². The van der Waals surface area contributed by atoms with E-state index in [1.807, 2.05) is 0 Å². The molecule has 0 aliphatic rings. The molecule has 0 heterocycles. The fourth-order valence-corrected chi connectivity index (χ4v) is 2.28. The minimum absolute atomic E-state index is 0.0115. The third-order valence-corrected chi connectivity index (χ3v) is 3.55. The van der Waals surface area contributed by atoms with Gasteiger partial charge < -0.3 is 15.0 Å². The smallest absolute Gasteiger partial charge is 0.446 e. The van der Waals surface area contributed by atoms with Crippen LogP contribution in [0.1, 0.15) is 33.2 Å². The van der Waals surface area contributed by atoms with Gasteiger partial charge in [0, 0.05) is 16.7 Å². The molecule has 0 spiro atoms. The Bertz CT molecular complexity index is 896. The van der Waals surface area contributed by atoms with Crippen molar-refractivity contribution in [3.63, 3.8) is 0 Å². The van der Waals surface area contributed by atoms with Crippen LogP contribution < -0.4 is 4.74 Å². The predicted molar refractivity (Wildman–Crippen MR) is 92.5 cm³/mol. The van der Waals surface area contributed by atoms with Crippen molar-refractivity contribution in [1.29, 1.82) is 0 Å². The van der Waals surface area contributed by atoms with E-state index in [0.717, 1.165) is 0 Å². The first kappa shape index (κ1) is 18.8. The molecule has 0 fully saturated rings. The highest BCUT2D eigenvalue weighted by Crippen LogP contribution is 2.18. The van der Waals surface area contributed by atoms with Crippen LogP contribution in [0.5, 0.6) is 5.75 Å². The van der Waals surface area contributed by atoms with Crippen LogP contribution in [0.3, 0.4) is 0 Å². The van der Waals surface area contributed by atoms with Gasteiger partial charge in [0.1, 0.15) is 5.75 Å². The van der Waals surface area contributed by atoms with Crippen LogP contribution in [-0.2, 0) is 9.53 Å². The number of carbonyl (C=O) groups excluding carboxylic acids is 3. The molecule has 7 nitrogen and oxygen atoms in total. The number of ether oxygens (including phenoxy) is 2. The van der Waals surface area contributed by atoms with Crippen LogP contribution in [0.2, 0.25) is 0 Å². The van der Waals surface area contributed by atoms with Crippen molar-refractivity contribution in [3.8, 4) is 5.75 Å². The van der Waals surface area contributed by atoms with Gasteiger partial charge in [0.15, 0.2) is 5.78 Å². The zero-order valence-electron chi connectivity index (χ0n) is 14.3. The van der Waals surface area contributed by atoms with E-state index in [0.29, 0.717) is 11.3 Å². The molecule has 0 aliphatic carbocycles. The number of rotatable bonds is 7. The van der Waals surface area contributed by atoms with E-state index >= 15 is 0 Å². The van der Waals surface area contributed by atoms with Gasteiger partial charge in [0.05, 0.1) is 13.7 Å². The van der Waals surface area contributed by atoms with Crippen LogP contribution in [0, 0.1) is 0 Å². The standard InChI is InChI=1S/C19H16N2O5/c1-3-26-19(24)16(21-20)18(23)15-7-5-4-6-14(15)17(22)12-8-10-13(25-2)11-9-12/h4-11H,3H2,1-2H3. The van der Waals surface area contributed by atoms with Gasteiger partial charge in [-0.25, -0.2) is 4.79 Å². The van der Waals surface area contributed by atoms with Crippen LogP contribution in [0.25, 0.3) is 5.53 Å². The summed E-state index contributed by atoms with van der Waals surface area (Å²) in [4.78, 5) is 39.9. The number of hydrogen-bond acceptors (Lipinski definition) is 5. The Morgan fingerprint density at radius 3 is 2.15 bits per heavy atom. The van der Waals surface area contributed by atoms with Gasteiger partial charge in [-0.05, 0) is 37.3 Å². The topological polar surface area (TPSA) is 106 Å². The van der Waals surface area contributed by atoms with Gasteiger partial charge >= 0.3 is 11.7 Å². The molecule has 0 amide bonds. The number of benzene rings is 2. The summed E-state index contributed by atoms with van der Waals surface area (Å²) in [5.74, 6) is -1.80. The molecule has 0 aromatic heterocycles. The lowest BCUT2D eigenvalue weighted by Gasteiger charge is -2.07. The quantitative estimate of drug-likeness (QED) is 0.190. The number of hydrogen-bond donors (Lipinski definition) is 0. The minimum Gasteiger partial charge on any atom is -0.497 e. The Morgan fingerprint density at radius 1 is 1.00 bits per heavy atom. The summed E-state index contributed by atoms with van der Waals surface area (Å²) >= 11 is 0. The van der Waals surface area contributed by atoms with Crippen molar-refractivity contribution in [2.45, 2.75) is 6.92 Å². The Hall–Kier alpha value is -3.57. The third-order valence-electron chi connectivity index (χ3n) is 3.55. The molecule has 26 heavy (non-hydrogen) atoms. The van der Waals surface area contributed by atoms with Gasteiger partial charge in [-0.15, -0.1) is 0 Å². The largest absolute Gasteiger partial charge is 0.497 e. The normalized spacial score (nSPS) is 9.77. The second-order valence-electron chi connectivity index (χ2n) is 5.10. The minimum atomic E-state index is -1.06. The molecular formula is C19H16N2O5. The van der Waals surface area contributed by atoms with Crippen LogP contribution >= 0.6 is 0 Å². The molecular weight excluding hydrogens is 336 g/mol. The molecule has 0 radical (unpaired) electrons. The first-order valence-electron chi connectivity index (χ1n) is 7.75. The van der Waals surface area contributed by atoms with Crippen molar-refractivity contribution in [3.05, 3.63) is 70.8 Å². The van der Waals surface area contributed by atoms with Crippen LogP contribution in [0.4, 0.5) is 0 Å². The lowest BCUT2D eigenvalue weighted by atomic mass is 9.94. The number of Topliss-reactive ketones (excluding diaryl/α,β-unsaturated/α-hetero) is 1. The van der Waals surface area contributed by atoms with E-state index in [1.54, 1.807) is 37.3 Å². The lowest BCUT2D eigenvalue weighted by Crippen LogP contribution is -2.28. The molecule has 0 N–H and O–H groups in total. The molecule has 0 bridgehead atoms. The van der Waals surface area contributed by atoms with Crippen molar-refractivity contribution < 1.29 is 28.6 Å².